The molecule has 0 aliphatic carbocycles. The average molecular weight is 402 g/mol. The fourth-order valence-electron chi connectivity index (χ4n) is 3.88. The van der Waals surface area contributed by atoms with Crippen molar-refractivity contribution in [2.24, 2.45) is 0 Å². The van der Waals surface area contributed by atoms with Crippen molar-refractivity contribution in [2.45, 2.75) is 19.5 Å². The van der Waals surface area contributed by atoms with Gasteiger partial charge in [0.2, 0.25) is 0 Å². The standard InChI is InChI=1S/C23H19FN4O2/c1-14-5-6-18(20(24)10-14)22(29)19-12-25-21-17(19)7-9-27(23(21)30)13-15-11-16-4-2-3-8-28(16)26-15/h2-12,15,25-26H,13H2,1H3. The van der Waals surface area contributed by atoms with Gasteiger partial charge in [0.25, 0.3) is 5.56 Å². The lowest BCUT2D eigenvalue weighted by Gasteiger charge is -2.20. The van der Waals surface area contributed by atoms with Crippen molar-refractivity contribution in [3.8, 4) is 0 Å². The molecule has 0 spiro atoms. The van der Waals surface area contributed by atoms with Gasteiger partial charge in [0.15, 0.2) is 5.78 Å². The zero-order valence-electron chi connectivity index (χ0n) is 16.2. The molecule has 0 radical (unpaired) electrons. The number of ketones is 1. The Kier molecular flexibility index (Phi) is 4.25. The Hall–Kier alpha value is -3.71. The second-order valence-electron chi connectivity index (χ2n) is 7.47. The summed E-state index contributed by atoms with van der Waals surface area (Å²) >= 11 is 0. The van der Waals surface area contributed by atoms with Crippen molar-refractivity contribution >= 4 is 16.7 Å². The molecule has 1 unspecified atom stereocenters. The molecule has 0 fully saturated rings. The topological polar surface area (TPSA) is 70.1 Å². The van der Waals surface area contributed by atoms with Crippen LogP contribution in [0.1, 0.15) is 21.5 Å². The van der Waals surface area contributed by atoms with Crippen LogP contribution in [0.15, 0.2) is 77.7 Å². The summed E-state index contributed by atoms with van der Waals surface area (Å²) in [4.78, 5) is 28.7. The van der Waals surface area contributed by atoms with E-state index in [1.165, 1.54) is 18.3 Å². The summed E-state index contributed by atoms with van der Waals surface area (Å²) in [6.07, 6.45) is 13.0. The van der Waals surface area contributed by atoms with E-state index >= 15 is 0 Å². The Labute approximate surface area is 171 Å². The van der Waals surface area contributed by atoms with E-state index in [2.05, 4.69) is 16.5 Å². The van der Waals surface area contributed by atoms with Crippen LogP contribution in [0.2, 0.25) is 0 Å². The number of aryl methyl sites for hydroxylation is 1. The zero-order valence-corrected chi connectivity index (χ0v) is 16.2. The van der Waals surface area contributed by atoms with Gasteiger partial charge in [-0.15, -0.1) is 0 Å². The van der Waals surface area contributed by atoms with Gasteiger partial charge >= 0.3 is 0 Å². The number of fused-ring (bicyclic) bond motifs is 2. The van der Waals surface area contributed by atoms with Gasteiger partial charge in [0, 0.05) is 36.1 Å². The van der Waals surface area contributed by atoms with E-state index in [9.17, 15) is 14.0 Å². The number of rotatable bonds is 4. The maximum atomic E-state index is 14.3. The van der Waals surface area contributed by atoms with Crippen LogP contribution in [0.5, 0.6) is 0 Å². The molecule has 0 amide bonds. The van der Waals surface area contributed by atoms with E-state index in [1.807, 2.05) is 29.4 Å². The summed E-state index contributed by atoms with van der Waals surface area (Å²) in [6.45, 7) is 2.20. The number of nitrogens with one attached hydrogen (secondary N) is 2. The van der Waals surface area contributed by atoms with Crippen LogP contribution >= 0.6 is 0 Å². The lowest BCUT2D eigenvalue weighted by molar-refractivity contribution is 0.103. The minimum absolute atomic E-state index is 0.00905. The van der Waals surface area contributed by atoms with E-state index in [0.717, 1.165) is 11.3 Å². The van der Waals surface area contributed by atoms with Gasteiger partial charge in [-0.05, 0) is 48.9 Å². The second-order valence-corrected chi connectivity index (χ2v) is 7.47. The number of nitrogens with zero attached hydrogens (tertiary/aromatic N) is 2. The van der Waals surface area contributed by atoms with E-state index in [4.69, 9.17) is 0 Å². The number of carbonyl (C=O) groups is 1. The number of aromatic nitrogens is 2. The highest BCUT2D eigenvalue weighted by molar-refractivity contribution is 6.16. The summed E-state index contributed by atoms with van der Waals surface area (Å²) in [5, 5.41) is 2.40. The Bertz CT molecular complexity index is 1330. The molecule has 2 aromatic heterocycles. The first-order chi connectivity index (χ1) is 14.5. The van der Waals surface area contributed by atoms with Crippen LogP contribution in [-0.2, 0) is 6.54 Å². The SMILES string of the molecule is Cc1ccc(C(=O)c2c[nH]c3c(=O)n(CC4C=C5C=CC=CN5N4)ccc23)c(F)c1. The fraction of sp³-hybridized carbons (Fsp3) is 0.130. The highest BCUT2D eigenvalue weighted by Crippen LogP contribution is 2.22. The number of halogens is 1. The third-order valence-electron chi connectivity index (χ3n) is 5.39. The van der Waals surface area contributed by atoms with Crippen molar-refractivity contribution in [3.05, 3.63) is 106 Å². The van der Waals surface area contributed by atoms with Gasteiger partial charge in [0.05, 0.1) is 17.3 Å². The molecule has 150 valence electrons. The normalized spacial score (nSPS) is 17.5. The molecular weight excluding hydrogens is 383 g/mol. The van der Waals surface area contributed by atoms with Gasteiger partial charge in [-0.2, -0.15) is 0 Å². The molecule has 30 heavy (non-hydrogen) atoms. The number of hydrogen-bond acceptors (Lipinski definition) is 4. The molecule has 4 heterocycles. The molecule has 2 aliphatic rings. The average Bonchev–Trinajstić information content (AvgIpc) is 3.33. The maximum absolute atomic E-state index is 14.3. The maximum Gasteiger partial charge on any atom is 0.274 e. The van der Waals surface area contributed by atoms with Gasteiger partial charge in [-0.1, -0.05) is 12.1 Å². The van der Waals surface area contributed by atoms with E-state index in [0.29, 0.717) is 17.4 Å². The zero-order chi connectivity index (χ0) is 20.8. The van der Waals surface area contributed by atoms with Gasteiger partial charge in [0.1, 0.15) is 11.3 Å². The fourth-order valence-corrected chi connectivity index (χ4v) is 3.88. The number of hydrogen-bond donors (Lipinski definition) is 2. The number of hydrazine groups is 1. The van der Waals surface area contributed by atoms with E-state index in [1.54, 1.807) is 29.8 Å². The highest BCUT2D eigenvalue weighted by atomic mass is 19.1. The van der Waals surface area contributed by atoms with Crippen LogP contribution in [0.25, 0.3) is 10.9 Å². The number of pyridine rings is 1. The van der Waals surface area contributed by atoms with Crippen molar-refractivity contribution in [2.75, 3.05) is 0 Å². The first-order valence-corrected chi connectivity index (χ1v) is 9.65. The van der Waals surface area contributed by atoms with Crippen LogP contribution in [0, 0.1) is 12.7 Å². The molecule has 2 aliphatic heterocycles. The lowest BCUT2D eigenvalue weighted by atomic mass is 10.0. The molecule has 0 saturated heterocycles. The minimum atomic E-state index is -0.567. The quantitative estimate of drug-likeness (QED) is 0.658. The minimum Gasteiger partial charge on any atom is -0.356 e. The molecule has 3 aromatic rings. The Morgan fingerprint density at radius 3 is 2.87 bits per heavy atom. The molecule has 1 aromatic carbocycles. The lowest BCUT2D eigenvalue weighted by Crippen LogP contribution is -2.38. The Morgan fingerprint density at radius 2 is 2.07 bits per heavy atom. The monoisotopic (exact) mass is 402 g/mol. The molecule has 6 nitrogen and oxygen atoms in total. The van der Waals surface area contributed by atoms with Gasteiger partial charge < -0.3 is 9.55 Å². The molecule has 7 heteroatoms. The summed E-state index contributed by atoms with van der Waals surface area (Å²) in [6, 6.07) is 6.18. The Balaban J connectivity index is 1.46. The van der Waals surface area contributed by atoms with Crippen LogP contribution in [-0.4, -0.2) is 26.4 Å². The Morgan fingerprint density at radius 1 is 1.20 bits per heavy atom. The van der Waals surface area contributed by atoms with Crippen LogP contribution in [0.3, 0.4) is 0 Å². The second kappa shape index (κ2) is 6.96. The molecule has 0 bridgehead atoms. The van der Waals surface area contributed by atoms with E-state index < -0.39 is 11.6 Å². The molecule has 5 rings (SSSR count). The first-order valence-electron chi connectivity index (χ1n) is 9.65. The number of allylic oxidation sites excluding steroid dienone is 3. The number of aromatic amines is 1. The van der Waals surface area contributed by atoms with Crippen molar-refractivity contribution < 1.29 is 9.18 Å². The third kappa shape index (κ3) is 3.00. The summed E-state index contributed by atoms with van der Waals surface area (Å²) < 4.78 is 15.9. The predicted octanol–water partition coefficient (Wildman–Crippen LogP) is 3.16. The van der Waals surface area contributed by atoms with Gasteiger partial charge in [-0.3, -0.25) is 14.6 Å². The first kappa shape index (κ1) is 18.3. The van der Waals surface area contributed by atoms with Crippen molar-refractivity contribution in [1.82, 2.24) is 20.0 Å². The molecule has 1 atom stereocenters. The van der Waals surface area contributed by atoms with E-state index in [-0.39, 0.29) is 22.7 Å². The number of carbonyl (C=O) groups excluding carboxylic acids is 1. The summed E-state index contributed by atoms with van der Waals surface area (Å²) in [7, 11) is 0. The number of H-pyrrole nitrogens is 1. The number of benzene rings is 1. The van der Waals surface area contributed by atoms with Gasteiger partial charge in [-0.25, -0.2) is 9.82 Å². The molecular formula is C23H19FN4O2. The largest absolute Gasteiger partial charge is 0.356 e. The summed E-state index contributed by atoms with van der Waals surface area (Å²) in [5.74, 6) is -1.02. The predicted molar refractivity (Wildman–Crippen MR) is 112 cm³/mol. The van der Waals surface area contributed by atoms with Crippen molar-refractivity contribution in [3.63, 3.8) is 0 Å². The third-order valence-corrected chi connectivity index (χ3v) is 5.39. The summed E-state index contributed by atoms with van der Waals surface area (Å²) in [5.41, 5.74) is 5.46. The van der Waals surface area contributed by atoms with Crippen LogP contribution in [0.4, 0.5) is 4.39 Å². The smallest absolute Gasteiger partial charge is 0.274 e. The molecule has 2 N–H and O–H groups in total. The highest BCUT2D eigenvalue weighted by Gasteiger charge is 2.23. The van der Waals surface area contributed by atoms with Crippen molar-refractivity contribution in [1.29, 1.82) is 0 Å². The van der Waals surface area contributed by atoms with Crippen LogP contribution < -0.4 is 11.0 Å². The molecule has 0 saturated carbocycles.